The fourth-order valence-corrected chi connectivity index (χ4v) is 9.76. The number of nitriles is 1. The Labute approximate surface area is 344 Å². The molecule has 13 nitrogen and oxygen atoms in total. The monoisotopic (exact) mass is 822 g/mol. The highest BCUT2D eigenvalue weighted by Gasteiger charge is 2.32. The van der Waals surface area contributed by atoms with Crippen LogP contribution in [0.2, 0.25) is 0 Å². The zero-order chi connectivity index (χ0) is 41.7. The number of H-pyrrole nitrogens is 1. The standard InChI is InChI=1S/C44H38N8O5S2/c1-23-6-17-35(41-38(23)32(20-45)22-46-41)51-59(56,57)33-14-7-28(8-15-33)21-47-43(55)34-16-13-31(18-24(34)2)29-9-11-30(12-10-29)40-39-25(3)26(4)58-44(39)52-27(5)49-50-42(52)36(48-40)19-37(53)54/h6-18,22,36,46,51H,19,21H2,1-5H3,(H,47,55)(H,53,54)/t36-/m0/s1. The van der Waals surface area contributed by atoms with Crippen LogP contribution in [0.15, 0.2) is 94.9 Å². The second-order valence-electron chi connectivity index (χ2n) is 14.5. The number of nitrogens with zero attached hydrogens (tertiary/aromatic N) is 5. The molecule has 3 aromatic heterocycles. The molecule has 1 aliphatic heterocycles. The quantitative estimate of drug-likeness (QED) is 0.107. The van der Waals surface area contributed by atoms with Gasteiger partial charge in [-0.25, -0.2) is 8.42 Å². The second-order valence-corrected chi connectivity index (χ2v) is 17.4. The maximum atomic E-state index is 13.3. The Morgan fingerprint density at radius 2 is 1.63 bits per heavy atom. The minimum atomic E-state index is -3.95. The highest BCUT2D eigenvalue weighted by atomic mass is 32.2. The number of nitrogens with one attached hydrogen (secondary N) is 3. The van der Waals surface area contributed by atoms with E-state index in [9.17, 15) is 28.4 Å². The topological polar surface area (TPSA) is 195 Å². The molecule has 0 aliphatic carbocycles. The predicted molar refractivity (Wildman–Crippen MR) is 227 cm³/mol. The van der Waals surface area contributed by atoms with Crippen molar-refractivity contribution >= 4 is 55.5 Å². The summed E-state index contributed by atoms with van der Waals surface area (Å²) in [5, 5.41) is 32.4. The number of rotatable bonds is 10. The van der Waals surface area contributed by atoms with Gasteiger partial charge in [-0.3, -0.25) is 23.9 Å². The molecule has 0 spiro atoms. The SMILES string of the molecule is Cc1cc(-c2ccc(C3=N[C@@H](CC(=O)O)c4nnc(C)n4-c4sc(C)c(C)c43)cc2)ccc1C(=O)NCc1ccc(S(=O)(=O)Nc2ccc(C)c3c(C#N)c[nH]c23)cc1. The molecule has 4 heterocycles. The molecule has 0 saturated heterocycles. The number of aliphatic carboxylic acids is 1. The number of carboxylic acids is 1. The van der Waals surface area contributed by atoms with Crippen LogP contribution < -0.4 is 10.0 Å². The summed E-state index contributed by atoms with van der Waals surface area (Å²) in [5.74, 6) is -0.0645. The van der Waals surface area contributed by atoms with Crippen LogP contribution in [0.5, 0.6) is 0 Å². The summed E-state index contributed by atoms with van der Waals surface area (Å²) >= 11 is 1.61. The molecule has 1 atom stereocenters. The van der Waals surface area contributed by atoms with Crippen molar-refractivity contribution in [3.05, 3.63) is 146 Å². The van der Waals surface area contributed by atoms with E-state index in [-0.39, 0.29) is 23.8 Å². The van der Waals surface area contributed by atoms with Crippen LogP contribution in [0.4, 0.5) is 5.69 Å². The van der Waals surface area contributed by atoms with E-state index >= 15 is 0 Å². The number of anilines is 1. The average molecular weight is 823 g/mol. The number of hydrogen-bond donors (Lipinski definition) is 4. The summed E-state index contributed by atoms with van der Waals surface area (Å²) in [5.41, 5.74) is 9.58. The maximum Gasteiger partial charge on any atom is 0.306 e. The highest BCUT2D eigenvalue weighted by molar-refractivity contribution is 7.92. The number of fused-ring (bicyclic) bond motifs is 4. The minimum absolute atomic E-state index is 0.0548. The lowest BCUT2D eigenvalue weighted by Gasteiger charge is -2.13. The fraction of sp³-hybridized carbons (Fsp3) is 0.182. The van der Waals surface area contributed by atoms with E-state index in [0.29, 0.717) is 45.1 Å². The van der Waals surface area contributed by atoms with E-state index in [0.717, 1.165) is 54.4 Å². The van der Waals surface area contributed by atoms with Gasteiger partial charge in [0.25, 0.3) is 15.9 Å². The fourth-order valence-electron chi connectivity index (χ4n) is 7.47. The predicted octanol–water partition coefficient (Wildman–Crippen LogP) is 7.99. The molecule has 1 aliphatic rings. The normalized spacial score (nSPS) is 13.6. The molecule has 7 aromatic rings. The van der Waals surface area contributed by atoms with E-state index in [1.54, 1.807) is 47.9 Å². The molecular formula is C44H38N8O5S2. The zero-order valence-electron chi connectivity index (χ0n) is 32.7. The van der Waals surface area contributed by atoms with Gasteiger partial charge < -0.3 is 15.4 Å². The van der Waals surface area contributed by atoms with Crippen LogP contribution in [-0.4, -0.2) is 50.9 Å². The lowest BCUT2D eigenvalue weighted by molar-refractivity contribution is -0.137. The van der Waals surface area contributed by atoms with Crippen molar-refractivity contribution in [3.63, 3.8) is 0 Å². The van der Waals surface area contributed by atoms with Gasteiger partial charge in [0.2, 0.25) is 0 Å². The van der Waals surface area contributed by atoms with Crippen LogP contribution in [0.25, 0.3) is 27.0 Å². The molecule has 0 bridgehead atoms. The lowest BCUT2D eigenvalue weighted by atomic mass is 9.95. The molecule has 0 unspecified atom stereocenters. The molecule has 4 N–H and O–H groups in total. The summed E-state index contributed by atoms with van der Waals surface area (Å²) in [6.45, 7) is 9.89. The number of benzene rings is 4. The molecule has 15 heteroatoms. The van der Waals surface area contributed by atoms with E-state index in [2.05, 4.69) is 45.1 Å². The van der Waals surface area contributed by atoms with Crippen LogP contribution in [-0.2, 0) is 21.4 Å². The Balaban J connectivity index is 0.961. The number of hydrogen-bond acceptors (Lipinski definition) is 9. The van der Waals surface area contributed by atoms with Gasteiger partial charge >= 0.3 is 5.97 Å². The number of carboxylic acid groups (broad SMARTS) is 1. The van der Waals surface area contributed by atoms with Gasteiger partial charge in [0, 0.05) is 39.7 Å². The average Bonchev–Trinajstić information content (AvgIpc) is 3.89. The van der Waals surface area contributed by atoms with Crippen molar-refractivity contribution in [1.29, 1.82) is 5.26 Å². The minimum Gasteiger partial charge on any atom is -0.481 e. The van der Waals surface area contributed by atoms with E-state index in [1.807, 2.05) is 61.7 Å². The van der Waals surface area contributed by atoms with Crippen LogP contribution in [0.3, 0.4) is 0 Å². The Bertz CT molecular complexity index is 3030. The van der Waals surface area contributed by atoms with Crippen molar-refractivity contribution in [3.8, 4) is 22.2 Å². The van der Waals surface area contributed by atoms with Crippen molar-refractivity contribution in [2.24, 2.45) is 4.99 Å². The molecule has 296 valence electrons. The van der Waals surface area contributed by atoms with Crippen molar-refractivity contribution < 1.29 is 23.1 Å². The number of amides is 1. The van der Waals surface area contributed by atoms with Crippen molar-refractivity contribution in [2.75, 3.05) is 4.72 Å². The Morgan fingerprint density at radius 3 is 2.32 bits per heavy atom. The summed E-state index contributed by atoms with van der Waals surface area (Å²) in [6, 6.07) is 24.7. The van der Waals surface area contributed by atoms with Gasteiger partial charge in [-0.05, 0) is 92.3 Å². The molecule has 0 fully saturated rings. The number of aliphatic imine (C=N–C) groups is 1. The van der Waals surface area contributed by atoms with E-state index < -0.39 is 22.0 Å². The Kier molecular flexibility index (Phi) is 9.99. The third-order valence-corrected chi connectivity index (χ3v) is 13.2. The van der Waals surface area contributed by atoms with Gasteiger partial charge in [-0.1, -0.05) is 54.6 Å². The second kappa shape index (κ2) is 15.1. The zero-order valence-corrected chi connectivity index (χ0v) is 34.3. The number of aryl methyl sites for hydroxylation is 4. The number of thiophene rings is 1. The van der Waals surface area contributed by atoms with Gasteiger partial charge in [-0.15, -0.1) is 21.5 Å². The molecular weight excluding hydrogens is 785 g/mol. The third-order valence-electron chi connectivity index (χ3n) is 10.7. The summed E-state index contributed by atoms with van der Waals surface area (Å²) < 4.78 is 31.1. The van der Waals surface area contributed by atoms with Gasteiger partial charge in [-0.2, -0.15) is 5.26 Å². The number of aromatic amines is 1. The number of carbonyl (C=O) groups is 2. The van der Waals surface area contributed by atoms with Crippen LogP contribution in [0.1, 0.15) is 78.3 Å². The smallest absolute Gasteiger partial charge is 0.306 e. The molecule has 4 aromatic carbocycles. The van der Waals surface area contributed by atoms with E-state index in [4.69, 9.17) is 4.99 Å². The molecule has 59 heavy (non-hydrogen) atoms. The van der Waals surface area contributed by atoms with Gasteiger partial charge in [0.1, 0.15) is 22.9 Å². The van der Waals surface area contributed by atoms with Crippen LogP contribution >= 0.6 is 11.3 Å². The first kappa shape index (κ1) is 39.0. The number of sulfonamides is 1. The molecule has 8 rings (SSSR count). The number of aromatic nitrogens is 4. The van der Waals surface area contributed by atoms with E-state index in [1.165, 1.54) is 12.1 Å². The molecule has 0 radical (unpaired) electrons. The lowest BCUT2D eigenvalue weighted by Crippen LogP contribution is -2.23. The first-order valence-electron chi connectivity index (χ1n) is 18.7. The summed E-state index contributed by atoms with van der Waals surface area (Å²) in [7, 11) is -3.95. The molecule has 0 saturated carbocycles. The molecule has 1 amide bonds. The van der Waals surface area contributed by atoms with Gasteiger partial charge in [0.05, 0.1) is 33.8 Å². The van der Waals surface area contributed by atoms with Gasteiger partial charge in [0.15, 0.2) is 5.82 Å². The highest BCUT2D eigenvalue weighted by Crippen LogP contribution is 2.40. The Morgan fingerprint density at radius 1 is 0.915 bits per heavy atom. The Hall–Kier alpha value is -6.89. The third kappa shape index (κ3) is 7.17. The first-order chi connectivity index (χ1) is 28.2. The largest absolute Gasteiger partial charge is 0.481 e. The first-order valence-corrected chi connectivity index (χ1v) is 21.0. The summed E-state index contributed by atoms with van der Waals surface area (Å²) in [4.78, 5) is 34.5. The van der Waals surface area contributed by atoms with Crippen molar-refractivity contribution in [2.45, 2.75) is 58.5 Å². The van der Waals surface area contributed by atoms with Crippen LogP contribution in [0, 0.1) is 45.9 Å². The number of carbonyl (C=O) groups excluding carboxylic acids is 1. The van der Waals surface area contributed by atoms with Crippen molar-refractivity contribution in [1.82, 2.24) is 25.1 Å². The summed E-state index contributed by atoms with van der Waals surface area (Å²) in [6.07, 6.45) is 1.34. The maximum absolute atomic E-state index is 13.3.